The van der Waals surface area contributed by atoms with Gasteiger partial charge in [0.25, 0.3) is 0 Å². The Morgan fingerprint density at radius 3 is 2.86 bits per heavy atom. The van der Waals surface area contributed by atoms with Crippen molar-refractivity contribution in [2.45, 2.75) is 50.2 Å². The lowest BCUT2D eigenvalue weighted by Crippen LogP contribution is -2.47. The summed E-state index contributed by atoms with van der Waals surface area (Å²) >= 11 is 0. The zero-order chi connectivity index (χ0) is 19.9. The lowest BCUT2D eigenvalue weighted by molar-refractivity contribution is 0.0396. The predicted molar refractivity (Wildman–Crippen MR) is 113 cm³/mol. The molecule has 156 valence electrons. The third kappa shape index (κ3) is 4.93. The molecule has 1 aromatic carbocycles. The smallest absolute Gasteiger partial charge is 0.191 e. The third-order valence-electron chi connectivity index (χ3n) is 5.83. The first kappa shape index (κ1) is 19.8. The number of hydrogen-bond acceptors (Lipinski definition) is 4. The Balaban J connectivity index is 1.47. The Labute approximate surface area is 172 Å². The molecular formula is C23H31N3O3. The molecule has 0 amide bonds. The van der Waals surface area contributed by atoms with Crippen molar-refractivity contribution in [3.63, 3.8) is 0 Å². The SMILES string of the molecule is COCCN=C(NCCc1ccco1)NC1CC2(CCCC2)Oc2ccccc21. The van der Waals surface area contributed by atoms with E-state index in [0.717, 1.165) is 49.7 Å². The van der Waals surface area contributed by atoms with Gasteiger partial charge in [-0.25, -0.2) is 0 Å². The molecule has 1 spiro atoms. The molecule has 2 aromatic rings. The highest BCUT2D eigenvalue weighted by Gasteiger charge is 2.43. The predicted octanol–water partition coefficient (Wildman–Crippen LogP) is 3.84. The van der Waals surface area contributed by atoms with Gasteiger partial charge in [-0.05, 0) is 43.9 Å². The monoisotopic (exact) mass is 397 g/mol. The summed E-state index contributed by atoms with van der Waals surface area (Å²) in [6.45, 7) is 1.96. The molecule has 1 atom stereocenters. The number of ether oxygens (including phenoxy) is 2. The van der Waals surface area contributed by atoms with Crippen LogP contribution in [0.15, 0.2) is 52.1 Å². The molecule has 4 rings (SSSR count). The number of guanidine groups is 1. The fourth-order valence-corrected chi connectivity index (χ4v) is 4.40. The minimum atomic E-state index is -0.0438. The quantitative estimate of drug-likeness (QED) is 0.422. The summed E-state index contributed by atoms with van der Waals surface area (Å²) in [7, 11) is 1.70. The van der Waals surface area contributed by atoms with Crippen molar-refractivity contribution in [2.24, 2.45) is 4.99 Å². The first-order valence-electron chi connectivity index (χ1n) is 10.6. The number of nitrogens with one attached hydrogen (secondary N) is 2. The maximum absolute atomic E-state index is 6.49. The molecule has 6 nitrogen and oxygen atoms in total. The number of hydrogen-bond donors (Lipinski definition) is 2. The Hall–Kier alpha value is -2.47. The van der Waals surface area contributed by atoms with Crippen LogP contribution in [0.5, 0.6) is 5.75 Å². The van der Waals surface area contributed by atoms with Crippen LogP contribution in [-0.2, 0) is 11.2 Å². The van der Waals surface area contributed by atoms with Crippen molar-refractivity contribution in [2.75, 3.05) is 26.8 Å². The fourth-order valence-electron chi connectivity index (χ4n) is 4.40. The van der Waals surface area contributed by atoms with Crippen LogP contribution in [0.4, 0.5) is 0 Å². The summed E-state index contributed by atoms with van der Waals surface area (Å²) in [5.74, 6) is 2.78. The zero-order valence-corrected chi connectivity index (χ0v) is 17.2. The number of fused-ring (bicyclic) bond motifs is 1. The van der Waals surface area contributed by atoms with Gasteiger partial charge in [0.2, 0.25) is 0 Å². The Morgan fingerprint density at radius 1 is 1.21 bits per heavy atom. The molecule has 1 fully saturated rings. The number of para-hydroxylation sites is 1. The van der Waals surface area contributed by atoms with Gasteiger partial charge in [0, 0.05) is 32.1 Å². The Bertz CT molecular complexity index is 797. The largest absolute Gasteiger partial charge is 0.487 e. The van der Waals surface area contributed by atoms with Crippen molar-refractivity contribution in [1.29, 1.82) is 0 Å². The van der Waals surface area contributed by atoms with Crippen LogP contribution in [0.25, 0.3) is 0 Å². The van der Waals surface area contributed by atoms with Gasteiger partial charge in [0.1, 0.15) is 17.1 Å². The van der Waals surface area contributed by atoms with Gasteiger partial charge in [0.05, 0.1) is 25.5 Å². The summed E-state index contributed by atoms with van der Waals surface area (Å²) in [5, 5.41) is 7.13. The van der Waals surface area contributed by atoms with Crippen molar-refractivity contribution in [3.8, 4) is 5.75 Å². The van der Waals surface area contributed by atoms with E-state index in [1.54, 1.807) is 13.4 Å². The highest BCUT2D eigenvalue weighted by atomic mass is 16.5. The van der Waals surface area contributed by atoms with Crippen molar-refractivity contribution < 1.29 is 13.9 Å². The lowest BCUT2D eigenvalue weighted by atomic mass is 9.86. The molecule has 6 heteroatoms. The second-order valence-corrected chi connectivity index (χ2v) is 7.91. The van der Waals surface area contributed by atoms with Crippen LogP contribution in [0, 0.1) is 0 Å². The van der Waals surface area contributed by atoms with Gasteiger partial charge in [0.15, 0.2) is 5.96 Å². The average Bonchev–Trinajstić information content (AvgIpc) is 3.40. The summed E-state index contributed by atoms with van der Waals surface area (Å²) in [6.07, 6.45) is 8.22. The molecule has 0 bridgehead atoms. The van der Waals surface area contributed by atoms with E-state index >= 15 is 0 Å². The maximum atomic E-state index is 6.49. The molecule has 1 aliphatic heterocycles. The standard InChI is InChI=1S/C23H31N3O3/c1-27-16-14-25-22(24-13-10-18-7-6-15-28-18)26-20-17-23(11-4-5-12-23)29-21-9-3-2-8-19(20)21/h2-3,6-9,15,20H,4-5,10-14,16-17H2,1H3,(H2,24,25,26). The number of rotatable bonds is 7. The van der Waals surface area contributed by atoms with E-state index in [2.05, 4.69) is 34.9 Å². The normalized spacial score (nSPS) is 20.3. The first-order valence-corrected chi connectivity index (χ1v) is 10.6. The maximum Gasteiger partial charge on any atom is 0.191 e. The van der Waals surface area contributed by atoms with Gasteiger partial charge in [-0.1, -0.05) is 18.2 Å². The van der Waals surface area contributed by atoms with Gasteiger partial charge < -0.3 is 24.5 Å². The van der Waals surface area contributed by atoms with Crippen LogP contribution in [0.1, 0.15) is 49.5 Å². The van der Waals surface area contributed by atoms with Crippen molar-refractivity contribution >= 4 is 5.96 Å². The Kier molecular flexibility index (Phi) is 6.39. The van der Waals surface area contributed by atoms with Crippen LogP contribution in [0.3, 0.4) is 0 Å². The number of benzene rings is 1. The number of furan rings is 1. The average molecular weight is 398 g/mol. The summed E-state index contributed by atoms with van der Waals surface area (Å²) in [5.41, 5.74) is 1.16. The molecule has 0 saturated heterocycles. The van der Waals surface area contributed by atoms with Gasteiger partial charge in [-0.2, -0.15) is 0 Å². The fraction of sp³-hybridized carbons (Fsp3) is 0.522. The summed E-state index contributed by atoms with van der Waals surface area (Å²) in [6, 6.07) is 12.5. The van der Waals surface area contributed by atoms with E-state index < -0.39 is 0 Å². The highest BCUT2D eigenvalue weighted by molar-refractivity contribution is 5.80. The third-order valence-corrected chi connectivity index (χ3v) is 5.83. The molecule has 2 aliphatic rings. The van der Waals surface area contributed by atoms with E-state index in [-0.39, 0.29) is 11.6 Å². The molecular weight excluding hydrogens is 366 g/mol. The summed E-state index contributed by atoms with van der Waals surface area (Å²) < 4.78 is 17.1. The minimum absolute atomic E-state index is 0.0438. The van der Waals surface area contributed by atoms with Crippen LogP contribution < -0.4 is 15.4 Å². The number of methoxy groups -OCH3 is 1. The van der Waals surface area contributed by atoms with Crippen molar-refractivity contribution in [3.05, 3.63) is 54.0 Å². The molecule has 2 N–H and O–H groups in total. The van der Waals surface area contributed by atoms with Crippen LogP contribution in [0.2, 0.25) is 0 Å². The molecule has 2 heterocycles. The molecule has 1 saturated carbocycles. The lowest BCUT2D eigenvalue weighted by Gasteiger charge is -2.40. The molecule has 1 aromatic heterocycles. The van der Waals surface area contributed by atoms with Gasteiger partial charge >= 0.3 is 0 Å². The topological polar surface area (TPSA) is 68.0 Å². The minimum Gasteiger partial charge on any atom is -0.487 e. The second kappa shape index (κ2) is 9.35. The zero-order valence-electron chi connectivity index (χ0n) is 17.2. The summed E-state index contributed by atoms with van der Waals surface area (Å²) in [4.78, 5) is 4.71. The van der Waals surface area contributed by atoms with Crippen LogP contribution in [-0.4, -0.2) is 38.4 Å². The number of nitrogens with zero attached hydrogens (tertiary/aromatic N) is 1. The van der Waals surface area contributed by atoms with Crippen LogP contribution >= 0.6 is 0 Å². The van der Waals surface area contributed by atoms with Gasteiger partial charge in [-0.3, -0.25) is 4.99 Å². The molecule has 1 unspecified atom stereocenters. The van der Waals surface area contributed by atoms with E-state index in [4.69, 9.17) is 18.9 Å². The first-order chi connectivity index (χ1) is 14.3. The van der Waals surface area contributed by atoms with E-state index in [1.807, 2.05) is 12.1 Å². The van der Waals surface area contributed by atoms with E-state index in [9.17, 15) is 0 Å². The van der Waals surface area contributed by atoms with Crippen molar-refractivity contribution in [1.82, 2.24) is 10.6 Å². The second-order valence-electron chi connectivity index (χ2n) is 7.91. The van der Waals surface area contributed by atoms with E-state index in [0.29, 0.717) is 13.2 Å². The highest BCUT2D eigenvalue weighted by Crippen LogP contribution is 2.46. The molecule has 0 radical (unpaired) electrons. The Morgan fingerprint density at radius 2 is 2.07 bits per heavy atom. The van der Waals surface area contributed by atoms with E-state index in [1.165, 1.54) is 18.4 Å². The van der Waals surface area contributed by atoms with Gasteiger partial charge in [-0.15, -0.1) is 0 Å². The number of aliphatic imine (C=N–C) groups is 1. The molecule has 1 aliphatic carbocycles. The molecule has 29 heavy (non-hydrogen) atoms.